The van der Waals surface area contributed by atoms with E-state index in [1.54, 1.807) is 0 Å². The van der Waals surface area contributed by atoms with Crippen LogP contribution in [0.5, 0.6) is 0 Å². The van der Waals surface area contributed by atoms with Crippen LogP contribution >= 0.6 is 15.6 Å². The second kappa shape index (κ2) is 56.6. The molecule has 0 aliphatic heterocycles. The lowest BCUT2D eigenvalue weighted by molar-refractivity contribution is -0.161. The predicted octanol–water partition coefficient (Wildman–Crippen LogP) is 17.7. The van der Waals surface area contributed by atoms with Crippen molar-refractivity contribution in [1.82, 2.24) is 0 Å². The average Bonchev–Trinajstić information content (AvgIpc) is 3.46. The van der Waals surface area contributed by atoms with Crippen molar-refractivity contribution in [2.45, 2.75) is 336 Å². The fourth-order valence-corrected chi connectivity index (χ4v) is 11.1. The Kier molecular flexibility index (Phi) is 55.2. The number of carbonyl (C=O) groups excluding carboxylic acids is 4. The zero-order valence-corrected chi connectivity index (χ0v) is 55.3. The van der Waals surface area contributed by atoms with Crippen molar-refractivity contribution in [2.75, 3.05) is 39.6 Å². The molecule has 17 nitrogen and oxygen atoms in total. The van der Waals surface area contributed by atoms with Gasteiger partial charge in [0.1, 0.15) is 19.3 Å². The Balaban J connectivity index is 5.18. The van der Waals surface area contributed by atoms with Crippen LogP contribution in [0.3, 0.4) is 0 Å². The first-order chi connectivity index (χ1) is 39.9. The van der Waals surface area contributed by atoms with Gasteiger partial charge in [0.25, 0.3) is 0 Å². The molecule has 0 aromatic carbocycles. The summed E-state index contributed by atoms with van der Waals surface area (Å²) < 4.78 is 67.8. The van der Waals surface area contributed by atoms with E-state index in [-0.39, 0.29) is 25.7 Å². The van der Waals surface area contributed by atoms with Crippen molar-refractivity contribution < 1.29 is 80.2 Å². The highest BCUT2D eigenvalue weighted by atomic mass is 31.2. The third-order valence-electron chi connectivity index (χ3n) is 14.7. The summed E-state index contributed by atoms with van der Waals surface area (Å²) in [6.45, 7) is 9.40. The van der Waals surface area contributed by atoms with Crippen molar-refractivity contribution in [3.05, 3.63) is 0 Å². The van der Waals surface area contributed by atoms with Gasteiger partial charge in [-0.05, 0) is 37.5 Å². The van der Waals surface area contributed by atoms with Gasteiger partial charge >= 0.3 is 39.5 Å². The van der Waals surface area contributed by atoms with E-state index >= 15 is 0 Å². The summed E-state index contributed by atoms with van der Waals surface area (Å²) in [4.78, 5) is 72.0. The zero-order valence-electron chi connectivity index (χ0n) is 53.5. The van der Waals surface area contributed by atoms with Crippen LogP contribution in [-0.4, -0.2) is 96.7 Å². The van der Waals surface area contributed by atoms with E-state index in [4.69, 9.17) is 37.0 Å². The summed E-state index contributed by atoms with van der Waals surface area (Å²) in [5.74, 6) is -0.632. The zero-order chi connectivity index (χ0) is 61.5. The fraction of sp³-hybridized carbons (Fsp3) is 0.938. The number of phosphoric ester groups is 2. The molecular weight excluding hydrogens is 1100 g/mol. The smallest absolute Gasteiger partial charge is 0.462 e. The fourth-order valence-electron chi connectivity index (χ4n) is 9.53. The molecule has 0 aromatic heterocycles. The molecule has 0 saturated heterocycles. The Bertz CT molecular complexity index is 1630. The highest BCUT2D eigenvalue weighted by Crippen LogP contribution is 2.45. The maximum Gasteiger partial charge on any atom is 0.472 e. The summed E-state index contributed by atoms with van der Waals surface area (Å²) in [5, 5.41) is 10.5. The van der Waals surface area contributed by atoms with Crippen LogP contribution in [0.15, 0.2) is 0 Å². The normalized spacial score (nSPS) is 14.3. The molecule has 492 valence electrons. The van der Waals surface area contributed by atoms with Gasteiger partial charge in [-0.25, -0.2) is 9.13 Å². The number of rotatable bonds is 63. The molecule has 0 bridgehead atoms. The number of carbonyl (C=O) groups is 4. The Morgan fingerprint density at radius 2 is 0.554 bits per heavy atom. The third kappa shape index (κ3) is 58.8. The van der Waals surface area contributed by atoms with Crippen LogP contribution in [0.1, 0.15) is 318 Å². The summed E-state index contributed by atoms with van der Waals surface area (Å²) in [6.07, 6.45) is 39.2. The van der Waals surface area contributed by atoms with E-state index in [1.165, 1.54) is 128 Å². The number of hydrogen-bond acceptors (Lipinski definition) is 15. The minimum atomic E-state index is -4.94. The largest absolute Gasteiger partial charge is 0.472 e. The number of ether oxygens (including phenoxy) is 4. The summed E-state index contributed by atoms with van der Waals surface area (Å²) in [5.41, 5.74) is 0. The summed E-state index contributed by atoms with van der Waals surface area (Å²) in [7, 11) is -9.88. The molecule has 2 unspecified atom stereocenters. The molecule has 0 rings (SSSR count). The van der Waals surface area contributed by atoms with Gasteiger partial charge in [-0.3, -0.25) is 37.3 Å². The Hall–Kier alpha value is -1.94. The van der Waals surface area contributed by atoms with Crippen molar-refractivity contribution in [3.63, 3.8) is 0 Å². The molecule has 19 heteroatoms. The van der Waals surface area contributed by atoms with E-state index in [9.17, 15) is 43.2 Å². The number of esters is 4. The van der Waals surface area contributed by atoms with Crippen LogP contribution in [0, 0.1) is 11.8 Å². The van der Waals surface area contributed by atoms with Crippen molar-refractivity contribution >= 4 is 39.5 Å². The molecule has 0 radical (unpaired) electrons. The average molecular weight is 1230 g/mol. The minimum Gasteiger partial charge on any atom is -0.462 e. The predicted molar refractivity (Wildman–Crippen MR) is 331 cm³/mol. The Labute approximate surface area is 505 Å². The highest BCUT2D eigenvalue weighted by Gasteiger charge is 2.30. The number of phosphoric acid groups is 2. The number of aliphatic hydroxyl groups is 1. The molecule has 0 fully saturated rings. The van der Waals surface area contributed by atoms with Gasteiger partial charge in [0.05, 0.1) is 26.4 Å². The van der Waals surface area contributed by atoms with Crippen LogP contribution in [0.25, 0.3) is 0 Å². The number of hydrogen-bond donors (Lipinski definition) is 3. The lowest BCUT2D eigenvalue weighted by Gasteiger charge is -2.21. The van der Waals surface area contributed by atoms with E-state index in [1.807, 2.05) is 0 Å². The van der Waals surface area contributed by atoms with Crippen LogP contribution < -0.4 is 0 Å². The first kappa shape index (κ1) is 81.1. The maximum absolute atomic E-state index is 13.0. The lowest BCUT2D eigenvalue weighted by atomic mass is 10.0. The summed E-state index contributed by atoms with van der Waals surface area (Å²) >= 11 is 0. The van der Waals surface area contributed by atoms with Crippen LogP contribution in [0.4, 0.5) is 0 Å². The quantitative estimate of drug-likeness (QED) is 0.0222. The highest BCUT2D eigenvalue weighted by molar-refractivity contribution is 7.47. The van der Waals surface area contributed by atoms with Crippen molar-refractivity contribution in [1.29, 1.82) is 0 Å². The molecule has 0 spiro atoms. The summed E-state index contributed by atoms with van der Waals surface area (Å²) in [6, 6.07) is 0. The molecule has 0 aromatic rings. The first-order valence-corrected chi connectivity index (χ1v) is 36.5. The molecule has 3 N–H and O–H groups in total. The van der Waals surface area contributed by atoms with Gasteiger partial charge in [0, 0.05) is 25.7 Å². The van der Waals surface area contributed by atoms with E-state index in [0.29, 0.717) is 25.7 Å². The van der Waals surface area contributed by atoms with Gasteiger partial charge in [0.15, 0.2) is 12.2 Å². The Morgan fingerprint density at radius 3 is 0.819 bits per heavy atom. The SMILES string of the molecule is CCCCCCCCCCCCCCC(=O)O[C@H](COC(=O)CCCCCCC)COP(=O)(O)OC[C@H](O)COP(=O)(O)OC[C@@H](COC(=O)CCCCCCCCCCCCC(C)C)OC(=O)CCCCCCCCCCCCC(C)C. The van der Waals surface area contributed by atoms with E-state index < -0.39 is 97.5 Å². The molecule has 5 atom stereocenters. The molecule has 0 heterocycles. The van der Waals surface area contributed by atoms with E-state index in [0.717, 1.165) is 108 Å². The van der Waals surface area contributed by atoms with Gasteiger partial charge in [0.2, 0.25) is 0 Å². The lowest BCUT2D eigenvalue weighted by Crippen LogP contribution is -2.30. The Morgan fingerprint density at radius 1 is 0.325 bits per heavy atom. The molecule has 83 heavy (non-hydrogen) atoms. The van der Waals surface area contributed by atoms with Gasteiger partial charge in [-0.2, -0.15) is 0 Å². The molecule has 0 aliphatic rings. The molecule has 0 saturated carbocycles. The monoisotopic (exact) mass is 1230 g/mol. The topological polar surface area (TPSA) is 237 Å². The maximum atomic E-state index is 13.0. The van der Waals surface area contributed by atoms with E-state index in [2.05, 4.69) is 41.5 Å². The van der Waals surface area contributed by atoms with Crippen molar-refractivity contribution in [2.24, 2.45) is 11.8 Å². The first-order valence-electron chi connectivity index (χ1n) is 33.5. The second-order valence-electron chi connectivity index (χ2n) is 24.1. The van der Waals surface area contributed by atoms with Crippen molar-refractivity contribution in [3.8, 4) is 0 Å². The third-order valence-corrected chi connectivity index (χ3v) is 16.6. The van der Waals surface area contributed by atoms with Gasteiger partial charge in [-0.1, -0.05) is 266 Å². The van der Waals surface area contributed by atoms with Gasteiger partial charge in [-0.15, -0.1) is 0 Å². The van der Waals surface area contributed by atoms with Crippen LogP contribution in [-0.2, 0) is 65.4 Å². The number of unbranched alkanes of at least 4 members (excludes halogenated alkanes) is 33. The molecular formula is C64H124O17P2. The van der Waals surface area contributed by atoms with Crippen LogP contribution in [0.2, 0.25) is 0 Å². The minimum absolute atomic E-state index is 0.106. The molecule has 0 amide bonds. The molecule has 0 aliphatic carbocycles. The van der Waals surface area contributed by atoms with Gasteiger partial charge < -0.3 is 33.8 Å². The number of aliphatic hydroxyl groups excluding tert-OH is 1. The standard InChI is InChI=1S/C64H124O17P2/c1-7-9-11-13-14-15-16-17-25-30-36-42-48-63(68)80-59(52-74-61(66)46-40-32-12-10-8-2)54-78-82(70,71)76-50-58(65)51-77-83(72,73)79-55-60(81-64(69)49-43-37-31-26-21-19-23-28-34-39-45-57(5)6)53-75-62(67)47-41-35-29-24-20-18-22-27-33-38-44-56(3)4/h56-60,65H,7-55H2,1-6H3,(H,70,71)(H,72,73)/t58-,59+,60+/m0/s1. The second-order valence-corrected chi connectivity index (χ2v) is 27.0.